The number of phenolic OH excluding ortho intramolecular Hbond substituents is 1. The molecule has 6 nitrogen and oxygen atoms in total. The number of non-ortho nitro benzene ring substituents is 1. The van der Waals surface area contributed by atoms with Crippen molar-refractivity contribution in [3.8, 4) is 5.75 Å². The van der Waals surface area contributed by atoms with Crippen LogP contribution in [-0.4, -0.2) is 22.0 Å². The highest BCUT2D eigenvalue weighted by molar-refractivity contribution is 5.93. The zero-order chi connectivity index (χ0) is 21.6. The summed E-state index contributed by atoms with van der Waals surface area (Å²) in [6.45, 7) is 2.37. The third-order valence-electron chi connectivity index (χ3n) is 7.94. The van der Waals surface area contributed by atoms with E-state index in [1.807, 2.05) is 12.1 Å². The van der Waals surface area contributed by atoms with Crippen LogP contribution in [0.2, 0.25) is 0 Å². The SMILES string of the molecule is C[C@]12CC[C@H]3c4ccc(O)cc4CC[C@@H]3[C@@H]1CC/C2=N/N=C\c1ccc([N+](=O)[O-])cc1. The van der Waals surface area contributed by atoms with Gasteiger partial charge in [0.15, 0.2) is 0 Å². The smallest absolute Gasteiger partial charge is 0.269 e. The van der Waals surface area contributed by atoms with Crippen molar-refractivity contribution < 1.29 is 10.0 Å². The van der Waals surface area contributed by atoms with E-state index in [1.165, 1.54) is 35.4 Å². The summed E-state index contributed by atoms with van der Waals surface area (Å²) in [6.07, 6.45) is 8.33. The molecule has 3 aliphatic carbocycles. The van der Waals surface area contributed by atoms with E-state index < -0.39 is 4.92 Å². The van der Waals surface area contributed by atoms with Crippen LogP contribution in [-0.2, 0) is 6.42 Å². The molecular weight excluding hydrogens is 390 g/mol. The van der Waals surface area contributed by atoms with Gasteiger partial charge in [-0.2, -0.15) is 10.2 Å². The van der Waals surface area contributed by atoms with Gasteiger partial charge in [-0.1, -0.05) is 13.0 Å². The number of hydrogen-bond acceptors (Lipinski definition) is 5. The normalized spacial score (nSPS) is 30.7. The average Bonchev–Trinajstić information content (AvgIpc) is 3.10. The van der Waals surface area contributed by atoms with Crippen molar-refractivity contribution in [2.75, 3.05) is 0 Å². The molecule has 0 amide bonds. The van der Waals surface area contributed by atoms with Crippen molar-refractivity contribution in [3.63, 3.8) is 0 Å². The minimum atomic E-state index is -0.399. The van der Waals surface area contributed by atoms with Crippen molar-refractivity contribution in [1.82, 2.24) is 0 Å². The van der Waals surface area contributed by atoms with Crippen molar-refractivity contribution in [3.05, 3.63) is 69.3 Å². The molecule has 0 aromatic heterocycles. The number of aryl methyl sites for hydroxylation is 1. The summed E-state index contributed by atoms with van der Waals surface area (Å²) in [6, 6.07) is 12.3. The van der Waals surface area contributed by atoms with E-state index in [1.54, 1.807) is 18.3 Å². The first-order valence-electron chi connectivity index (χ1n) is 11.1. The second kappa shape index (κ2) is 7.59. The van der Waals surface area contributed by atoms with Crippen molar-refractivity contribution in [2.24, 2.45) is 27.5 Å². The third-order valence-corrected chi connectivity index (χ3v) is 7.94. The molecule has 6 heteroatoms. The Labute approximate surface area is 181 Å². The van der Waals surface area contributed by atoms with Crippen molar-refractivity contribution in [1.29, 1.82) is 0 Å². The summed E-state index contributed by atoms with van der Waals surface area (Å²) in [5, 5.41) is 29.6. The molecule has 1 N–H and O–H groups in total. The van der Waals surface area contributed by atoms with Gasteiger partial charge in [-0.05, 0) is 97.2 Å². The molecule has 31 heavy (non-hydrogen) atoms. The first-order valence-corrected chi connectivity index (χ1v) is 11.1. The molecule has 2 aromatic rings. The summed E-state index contributed by atoms with van der Waals surface area (Å²) in [4.78, 5) is 10.4. The fraction of sp³-hybridized carbons (Fsp3) is 0.440. The van der Waals surface area contributed by atoms with Crippen LogP contribution in [0.1, 0.15) is 61.6 Å². The fourth-order valence-corrected chi connectivity index (χ4v) is 6.37. The molecule has 2 fully saturated rings. The number of phenols is 1. The van der Waals surface area contributed by atoms with Gasteiger partial charge in [0, 0.05) is 23.3 Å². The van der Waals surface area contributed by atoms with Crippen molar-refractivity contribution in [2.45, 2.75) is 51.4 Å². The highest BCUT2D eigenvalue weighted by atomic mass is 16.6. The summed E-state index contributed by atoms with van der Waals surface area (Å²) >= 11 is 0. The summed E-state index contributed by atoms with van der Waals surface area (Å²) in [7, 11) is 0. The Bertz CT molecular complexity index is 1080. The topological polar surface area (TPSA) is 88.1 Å². The lowest BCUT2D eigenvalue weighted by molar-refractivity contribution is -0.384. The first-order chi connectivity index (χ1) is 15.0. The molecule has 0 saturated heterocycles. The number of fused-ring (bicyclic) bond motifs is 5. The molecule has 160 valence electrons. The van der Waals surface area contributed by atoms with Crippen molar-refractivity contribution >= 4 is 17.6 Å². The van der Waals surface area contributed by atoms with E-state index in [-0.39, 0.29) is 11.1 Å². The molecule has 0 unspecified atom stereocenters. The Kier molecular flexibility index (Phi) is 4.88. The number of nitro groups is 1. The van der Waals surface area contributed by atoms with Gasteiger partial charge in [-0.25, -0.2) is 0 Å². The second-order valence-electron chi connectivity index (χ2n) is 9.43. The third kappa shape index (κ3) is 3.44. The molecule has 2 saturated carbocycles. The van der Waals surface area contributed by atoms with Crippen LogP contribution in [0.3, 0.4) is 0 Å². The maximum atomic E-state index is 10.8. The number of nitro benzene ring substituents is 1. The maximum absolute atomic E-state index is 10.8. The summed E-state index contributed by atoms with van der Waals surface area (Å²) in [5.41, 5.74) is 4.96. The van der Waals surface area contributed by atoms with E-state index in [2.05, 4.69) is 23.2 Å². The average molecular weight is 418 g/mol. The Morgan fingerprint density at radius 1 is 1.13 bits per heavy atom. The van der Waals surface area contributed by atoms with E-state index >= 15 is 0 Å². The van der Waals surface area contributed by atoms with Crippen LogP contribution < -0.4 is 0 Å². The number of rotatable bonds is 3. The zero-order valence-electron chi connectivity index (χ0n) is 17.7. The van der Waals surface area contributed by atoms with Crippen LogP contribution in [0.5, 0.6) is 5.75 Å². The van der Waals surface area contributed by atoms with E-state index in [0.717, 1.165) is 37.7 Å². The molecule has 0 radical (unpaired) electrons. The van der Waals surface area contributed by atoms with Crippen LogP contribution in [0.4, 0.5) is 5.69 Å². The lowest BCUT2D eigenvalue weighted by atomic mass is 9.55. The van der Waals surface area contributed by atoms with Crippen LogP contribution in [0.25, 0.3) is 0 Å². The highest BCUT2D eigenvalue weighted by Crippen LogP contribution is 2.60. The molecule has 0 aliphatic heterocycles. The molecule has 4 atom stereocenters. The second-order valence-corrected chi connectivity index (χ2v) is 9.43. The Balaban J connectivity index is 1.34. The Morgan fingerprint density at radius 3 is 2.71 bits per heavy atom. The largest absolute Gasteiger partial charge is 0.508 e. The molecular formula is C25H27N3O3. The maximum Gasteiger partial charge on any atom is 0.269 e. The van der Waals surface area contributed by atoms with Gasteiger partial charge >= 0.3 is 0 Å². The predicted molar refractivity (Wildman–Crippen MR) is 121 cm³/mol. The lowest BCUT2D eigenvalue weighted by Crippen LogP contribution is -2.42. The lowest BCUT2D eigenvalue weighted by Gasteiger charge is -2.49. The van der Waals surface area contributed by atoms with Gasteiger partial charge in [0.05, 0.1) is 11.1 Å². The van der Waals surface area contributed by atoms with Crippen LogP contribution in [0.15, 0.2) is 52.7 Å². The number of hydrogen-bond donors (Lipinski definition) is 1. The monoisotopic (exact) mass is 417 g/mol. The number of nitrogens with zero attached hydrogens (tertiary/aromatic N) is 3. The predicted octanol–water partition coefficient (Wildman–Crippen LogP) is 5.63. The Morgan fingerprint density at radius 2 is 1.94 bits per heavy atom. The standard InChI is InChI=1S/C25H27N3O3/c1-25-13-12-21-20-9-7-19(29)14-17(20)4-8-22(21)23(25)10-11-24(25)27-26-15-16-2-5-18(6-3-16)28(30)31/h2-3,5-7,9,14-15,21-23,29H,4,8,10-13H2,1H3/b26-15-,27-24-/t21-,22-,23-,25-/m0/s1. The van der Waals surface area contributed by atoms with E-state index in [9.17, 15) is 15.2 Å². The van der Waals surface area contributed by atoms with Crippen LogP contribution >= 0.6 is 0 Å². The van der Waals surface area contributed by atoms with Gasteiger partial charge in [0.25, 0.3) is 5.69 Å². The van der Waals surface area contributed by atoms with E-state index in [0.29, 0.717) is 23.5 Å². The zero-order valence-corrected chi connectivity index (χ0v) is 17.7. The molecule has 0 spiro atoms. The highest BCUT2D eigenvalue weighted by Gasteiger charge is 2.53. The number of benzene rings is 2. The molecule has 0 heterocycles. The number of aromatic hydroxyl groups is 1. The van der Waals surface area contributed by atoms with Gasteiger partial charge in [0.2, 0.25) is 0 Å². The molecule has 2 aromatic carbocycles. The first kappa shape index (κ1) is 19.9. The van der Waals surface area contributed by atoms with Gasteiger partial charge in [0.1, 0.15) is 5.75 Å². The minimum absolute atomic E-state index is 0.0793. The van der Waals surface area contributed by atoms with E-state index in [4.69, 9.17) is 0 Å². The minimum Gasteiger partial charge on any atom is -0.508 e. The molecule has 0 bridgehead atoms. The quantitative estimate of drug-likeness (QED) is 0.399. The summed E-state index contributed by atoms with van der Waals surface area (Å²) < 4.78 is 0. The van der Waals surface area contributed by atoms with Crippen LogP contribution in [0, 0.1) is 27.4 Å². The Hall–Kier alpha value is -3.02. The van der Waals surface area contributed by atoms with Gasteiger partial charge in [-0.15, -0.1) is 0 Å². The van der Waals surface area contributed by atoms with Gasteiger partial charge < -0.3 is 5.11 Å². The summed E-state index contributed by atoms with van der Waals surface area (Å²) in [5.74, 6) is 2.26. The van der Waals surface area contributed by atoms with Gasteiger partial charge in [-0.3, -0.25) is 10.1 Å². The molecule has 5 rings (SSSR count). The fourth-order valence-electron chi connectivity index (χ4n) is 6.37. The molecule has 3 aliphatic rings.